The van der Waals surface area contributed by atoms with Crippen LogP contribution in [0.3, 0.4) is 0 Å². The van der Waals surface area contributed by atoms with Crippen molar-refractivity contribution >= 4 is 5.91 Å². The van der Waals surface area contributed by atoms with Gasteiger partial charge in [-0.05, 0) is 75.3 Å². The Morgan fingerprint density at radius 3 is 2.94 bits per heavy atom. The molecule has 1 aromatic heterocycles. The first-order valence-corrected chi connectivity index (χ1v) is 12.3. The fourth-order valence-electron chi connectivity index (χ4n) is 5.91. The van der Waals surface area contributed by atoms with Crippen molar-refractivity contribution in [1.82, 2.24) is 26.1 Å². The number of hydrogen-bond donors (Lipinski definition) is 4. The Balaban J connectivity index is 1.18. The van der Waals surface area contributed by atoms with E-state index in [1.807, 2.05) is 31.3 Å². The first-order valence-electron chi connectivity index (χ1n) is 12.3. The summed E-state index contributed by atoms with van der Waals surface area (Å²) in [5.74, 6) is 1.02. The van der Waals surface area contributed by atoms with Crippen molar-refractivity contribution in [2.24, 2.45) is 11.8 Å². The molecule has 3 heterocycles. The highest BCUT2D eigenvalue weighted by molar-refractivity contribution is 5.79. The topological polar surface area (TPSA) is 89.5 Å². The van der Waals surface area contributed by atoms with Gasteiger partial charge in [0.2, 0.25) is 5.91 Å². The number of carbonyl (C=O) groups is 1. The Bertz CT molecular complexity index is 983. The molecule has 4 N–H and O–H groups in total. The van der Waals surface area contributed by atoms with Crippen molar-refractivity contribution in [1.29, 1.82) is 0 Å². The van der Waals surface area contributed by atoms with Gasteiger partial charge in [-0.25, -0.2) is 5.43 Å². The van der Waals surface area contributed by atoms with Gasteiger partial charge in [0.1, 0.15) is 5.75 Å². The summed E-state index contributed by atoms with van der Waals surface area (Å²) in [5, 5.41) is 13.5. The number of hydrazine groups is 1. The largest absolute Gasteiger partial charge is 0.508 e. The first kappa shape index (κ1) is 22.3. The summed E-state index contributed by atoms with van der Waals surface area (Å²) in [5.41, 5.74) is 10.2. The lowest BCUT2D eigenvalue weighted by Crippen LogP contribution is -2.50. The molecule has 0 spiro atoms. The molecular formula is C26H35N5O2. The zero-order valence-corrected chi connectivity index (χ0v) is 19.3. The molecule has 7 heteroatoms. The number of para-hydroxylation sites is 1. The normalized spacial score (nSPS) is 30.0. The molecule has 5 atom stereocenters. The molecule has 176 valence electrons. The Labute approximate surface area is 196 Å². The number of aryl methyl sites for hydroxylation is 1. The molecule has 0 radical (unpaired) electrons. The number of benzene rings is 1. The SMILES string of the molecule is Cc1cc(C2NNC3CCC(C(=O)N[C@@H]4CCCN(Cc5ccccc5O)C4)CC32)ccn1. The molecule has 1 aromatic carbocycles. The molecule has 1 saturated carbocycles. The molecule has 33 heavy (non-hydrogen) atoms. The van der Waals surface area contributed by atoms with Gasteiger partial charge in [0.15, 0.2) is 0 Å². The van der Waals surface area contributed by atoms with Crippen molar-refractivity contribution in [3.05, 3.63) is 59.4 Å². The maximum atomic E-state index is 13.3. The van der Waals surface area contributed by atoms with E-state index in [0.717, 1.165) is 63.0 Å². The van der Waals surface area contributed by atoms with E-state index in [-0.39, 0.29) is 23.9 Å². The molecule has 3 aliphatic rings. The maximum absolute atomic E-state index is 13.3. The zero-order chi connectivity index (χ0) is 22.8. The molecule has 1 amide bonds. The number of rotatable bonds is 5. The van der Waals surface area contributed by atoms with Gasteiger partial charge >= 0.3 is 0 Å². The third-order valence-corrected chi connectivity index (χ3v) is 7.64. The standard InChI is InChI=1S/C26H35N5O2/c1-17-13-18(10-11-27-17)25-22-14-19(8-9-23(22)29-30-25)26(33)28-21-6-4-12-31(16-21)15-20-5-2-3-7-24(20)32/h2-3,5,7,10-11,13,19,21-23,25,29-30,32H,4,6,8-9,12,14-16H2,1H3,(H,28,33)/t19?,21-,22?,23?,25?/m1/s1. The second kappa shape index (κ2) is 9.79. The number of hydrogen-bond acceptors (Lipinski definition) is 6. The highest BCUT2D eigenvalue weighted by Gasteiger charge is 2.43. The van der Waals surface area contributed by atoms with Crippen LogP contribution in [0.25, 0.3) is 0 Å². The molecule has 2 saturated heterocycles. The van der Waals surface area contributed by atoms with Crippen LogP contribution in [0, 0.1) is 18.8 Å². The van der Waals surface area contributed by atoms with Crippen molar-refractivity contribution in [3.63, 3.8) is 0 Å². The maximum Gasteiger partial charge on any atom is 0.223 e. The average Bonchev–Trinajstić information content (AvgIpc) is 3.24. The van der Waals surface area contributed by atoms with Gasteiger partial charge in [0.05, 0.1) is 6.04 Å². The van der Waals surface area contributed by atoms with Gasteiger partial charge in [-0.1, -0.05) is 18.2 Å². The quantitative estimate of drug-likeness (QED) is 0.561. The smallest absolute Gasteiger partial charge is 0.223 e. The molecule has 3 fully saturated rings. The summed E-state index contributed by atoms with van der Waals surface area (Å²) in [6.07, 6.45) is 6.79. The number of carbonyl (C=O) groups excluding carboxylic acids is 1. The fourth-order valence-corrected chi connectivity index (χ4v) is 5.91. The number of likely N-dealkylation sites (tertiary alicyclic amines) is 1. The van der Waals surface area contributed by atoms with E-state index < -0.39 is 0 Å². The third-order valence-electron chi connectivity index (χ3n) is 7.64. The minimum Gasteiger partial charge on any atom is -0.508 e. The molecule has 7 nitrogen and oxygen atoms in total. The second-order valence-electron chi connectivity index (χ2n) is 9.99. The number of phenols is 1. The summed E-state index contributed by atoms with van der Waals surface area (Å²) < 4.78 is 0. The average molecular weight is 450 g/mol. The molecule has 5 rings (SSSR count). The van der Waals surface area contributed by atoms with Crippen LogP contribution >= 0.6 is 0 Å². The zero-order valence-electron chi connectivity index (χ0n) is 19.3. The van der Waals surface area contributed by atoms with Gasteiger partial charge in [0.25, 0.3) is 0 Å². The third kappa shape index (κ3) is 5.05. The number of aromatic nitrogens is 1. The minimum atomic E-state index is 0.0620. The molecule has 4 unspecified atom stereocenters. The Kier molecular flexibility index (Phi) is 6.62. The summed E-state index contributed by atoms with van der Waals surface area (Å²) in [6.45, 7) is 4.57. The number of amides is 1. The highest BCUT2D eigenvalue weighted by Crippen LogP contribution is 2.40. The van der Waals surface area contributed by atoms with Crippen LogP contribution in [-0.2, 0) is 11.3 Å². The lowest BCUT2D eigenvalue weighted by Gasteiger charge is -2.36. The van der Waals surface area contributed by atoms with E-state index in [9.17, 15) is 9.90 Å². The Hall–Kier alpha value is -2.48. The predicted octanol–water partition coefficient (Wildman–Crippen LogP) is 2.81. The van der Waals surface area contributed by atoms with Crippen LogP contribution in [0.4, 0.5) is 0 Å². The van der Waals surface area contributed by atoms with E-state index in [4.69, 9.17) is 0 Å². The molecule has 0 bridgehead atoms. The van der Waals surface area contributed by atoms with Crippen molar-refractivity contribution in [2.75, 3.05) is 13.1 Å². The van der Waals surface area contributed by atoms with Gasteiger partial charge in [0, 0.05) is 48.5 Å². The van der Waals surface area contributed by atoms with Crippen LogP contribution in [0.1, 0.15) is 55.0 Å². The van der Waals surface area contributed by atoms with Crippen LogP contribution in [0.5, 0.6) is 5.75 Å². The molecule has 2 aromatic rings. The monoisotopic (exact) mass is 449 g/mol. The number of nitrogens with one attached hydrogen (secondary N) is 3. The second-order valence-corrected chi connectivity index (χ2v) is 9.99. The van der Waals surface area contributed by atoms with E-state index in [0.29, 0.717) is 17.7 Å². The number of pyridine rings is 1. The van der Waals surface area contributed by atoms with Crippen LogP contribution in [0.15, 0.2) is 42.6 Å². The Morgan fingerprint density at radius 1 is 1.21 bits per heavy atom. The Morgan fingerprint density at radius 2 is 2.09 bits per heavy atom. The first-order chi connectivity index (χ1) is 16.1. The molecular weight excluding hydrogens is 414 g/mol. The number of nitrogens with zero attached hydrogens (tertiary/aromatic N) is 2. The number of aromatic hydroxyl groups is 1. The van der Waals surface area contributed by atoms with Crippen molar-refractivity contribution < 1.29 is 9.90 Å². The minimum absolute atomic E-state index is 0.0620. The van der Waals surface area contributed by atoms with Gasteiger partial charge in [-0.15, -0.1) is 0 Å². The number of fused-ring (bicyclic) bond motifs is 1. The number of piperidine rings is 1. The van der Waals surface area contributed by atoms with Crippen molar-refractivity contribution in [2.45, 2.75) is 63.7 Å². The van der Waals surface area contributed by atoms with Gasteiger partial charge in [-0.3, -0.25) is 20.1 Å². The van der Waals surface area contributed by atoms with E-state index in [1.165, 1.54) is 5.56 Å². The van der Waals surface area contributed by atoms with Crippen LogP contribution in [-0.4, -0.2) is 46.1 Å². The summed E-state index contributed by atoms with van der Waals surface area (Å²) >= 11 is 0. The number of phenolic OH excluding ortho intramolecular Hbond substituents is 1. The molecule has 1 aliphatic carbocycles. The lowest BCUT2D eigenvalue weighted by molar-refractivity contribution is -0.127. The van der Waals surface area contributed by atoms with E-state index >= 15 is 0 Å². The van der Waals surface area contributed by atoms with Crippen LogP contribution < -0.4 is 16.2 Å². The fraction of sp³-hybridized carbons (Fsp3) is 0.538. The summed E-state index contributed by atoms with van der Waals surface area (Å²) in [4.78, 5) is 19.9. The van der Waals surface area contributed by atoms with E-state index in [1.54, 1.807) is 6.07 Å². The molecule has 2 aliphatic heterocycles. The highest BCUT2D eigenvalue weighted by atomic mass is 16.3. The van der Waals surface area contributed by atoms with Crippen molar-refractivity contribution in [3.8, 4) is 5.75 Å². The van der Waals surface area contributed by atoms with E-state index in [2.05, 4.69) is 38.2 Å². The lowest BCUT2D eigenvalue weighted by atomic mass is 9.74. The van der Waals surface area contributed by atoms with Gasteiger partial charge in [-0.2, -0.15) is 0 Å². The van der Waals surface area contributed by atoms with Gasteiger partial charge < -0.3 is 10.4 Å². The summed E-state index contributed by atoms with van der Waals surface area (Å²) in [7, 11) is 0. The summed E-state index contributed by atoms with van der Waals surface area (Å²) in [6, 6.07) is 12.6. The predicted molar refractivity (Wildman–Crippen MR) is 127 cm³/mol. The van der Waals surface area contributed by atoms with Crippen LogP contribution in [0.2, 0.25) is 0 Å².